The molecule has 1 aliphatic rings. The fraction of sp³-hybridized carbons (Fsp3) is 0.250. The molecule has 4 nitrogen and oxygen atoms in total. The van der Waals surface area contributed by atoms with Crippen LogP contribution in [0.2, 0.25) is 0 Å². The van der Waals surface area contributed by atoms with Crippen molar-refractivity contribution in [3.05, 3.63) is 76.9 Å². The number of hydrogen-bond donors (Lipinski definition) is 1. The highest BCUT2D eigenvalue weighted by atomic mass is 19.1. The first-order valence-electron chi connectivity index (χ1n) is 8.47. The summed E-state index contributed by atoms with van der Waals surface area (Å²) in [6.07, 6.45) is 0.903. The molecular weight excluding hydrogens is 317 g/mol. The molecule has 0 spiro atoms. The number of nitrogens with one attached hydrogen (secondary N) is 1. The van der Waals surface area contributed by atoms with E-state index in [9.17, 15) is 4.39 Å². The predicted molar refractivity (Wildman–Crippen MR) is 94.4 cm³/mol. The van der Waals surface area contributed by atoms with Crippen LogP contribution in [0.5, 0.6) is 11.8 Å². The van der Waals surface area contributed by atoms with Gasteiger partial charge in [0.1, 0.15) is 11.6 Å². The van der Waals surface area contributed by atoms with Gasteiger partial charge in [0.2, 0.25) is 0 Å². The van der Waals surface area contributed by atoms with Crippen LogP contribution in [0.15, 0.2) is 48.5 Å². The van der Waals surface area contributed by atoms with E-state index in [0.717, 1.165) is 25.2 Å². The zero-order valence-electron chi connectivity index (χ0n) is 14.1. The molecule has 3 aromatic rings. The van der Waals surface area contributed by atoms with Gasteiger partial charge in [0.05, 0.1) is 12.2 Å². The van der Waals surface area contributed by atoms with Crippen LogP contribution in [0.3, 0.4) is 0 Å². The third kappa shape index (κ3) is 3.28. The highest BCUT2D eigenvalue weighted by molar-refractivity contribution is 5.32. The van der Waals surface area contributed by atoms with E-state index in [4.69, 9.17) is 4.74 Å². The SMILES string of the molecule is Cc1ccccc1Cn1c(Oc2cccc(F)c2)nc2c1CCNC2. The summed E-state index contributed by atoms with van der Waals surface area (Å²) in [6.45, 7) is 4.45. The van der Waals surface area contributed by atoms with Crippen LogP contribution in [0.25, 0.3) is 0 Å². The average molecular weight is 337 g/mol. The van der Waals surface area contributed by atoms with Gasteiger partial charge in [-0.1, -0.05) is 30.3 Å². The van der Waals surface area contributed by atoms with Gasteiger partial charge in [-0.3, -0.25) is 4.57 Å². The monoisotopic (exact) mass is 337 g/mol. The fourth-order valence-electron chi connectivity index (χ4n) is 3.18. The van der Waals surface area contributed by atoms with Gasteiger partial charge in [0.25, 0.3) is 0 Å². The van der Waals surface area contributed by atoms with Crippen LogP contribution >= 0.6 is 0 Å². The number of nitrogens with zero attached hydrogens (tertiary/aromatic N) is 2. The molecule has 128 valence electrons. The topological polar surface area (TPSA) is 39.1 Å². The van der Waals surface area contributed by atoms with Crippen molar-refractivity contribution in [1.82, 2.24) is 14.9 Å². The number of ether oxygens (including phenoxy) is 1. The van der Waals surface area contributed by atoms with Crippen molar-refractivity contribution in [1.29, 1.82) is 0 Å². The van der Waals surface area contributed by atoms with E-state index in [1.54, 1.807) is 12.1 Å². The molecule has 0 saturated heterocycles. The summed E-state index contributed by atoms with van der Waals surface area (Å²) in [6, 6.07) is 15.0. The molecule has 4 rings (SSSR count). The Balaban J connectivity index is 1.73. The molecule has 5 heteroatoms. The maximum Gasteiger partial charge on any atom is 0.302 e. The summed E-state index contributed by atoms with van der Waals surface area (Å²) in [5, 5.41) is 3.34. The van der Waals surface area contributed by atoms with Gasteiger partial charge in [-0.05, 0) is 30.2 Å². The summed E-state index contributed by atoms with van der Waals surface area (Å²) in [7, 11) is 0. The molecule has 1 N–H and O–H groups in total. The van der Waals surface area contributed by atoms with Crippen LogP contribution in [-0.4, -0.2) is 16.1 Å². The first kappa shape index (κ1) is 15.8. The van der Waals surface area contributed by atoms with Crippen LogP contribution < -0.4 is 10.1 Å². The van der Waals surface area contributed by atoms with Crippen LogP contribution in [0.1, 0.15) is 22.5 Å². The zero-order chi connectivity index (χ0) is 17.2. The molecule has 0 aliphatic carbocycles. The van der Waals surface area contributed by atoms with Crippen LogP contribution in [0.4, 0.5) is 4.39 Å². The Morgan fingerprint density at radius 2 is 2.08 bits per heavy atom. The Morgan fingerprint density at radius 1 is 1.20 bits per heavy atom. The van der Waals surface area contributed by atoms with Crippen molar-refractivity contribution in [2.24, 2.45) is 0 Å². The minimum Gasteiger partial charge on any atom is -0.425 e. The predicted octanol–water partition coefficient (Wildman–Crippen LogP) is 3.82. The van der Waals surface area contributed by atoms with E-state index in [2.05, 4.69) is 33.9 Å². The number of benzene rings is 2. The third-order valence-electron chi connectivity index (χ3n) is 4.55. The lowest BCUT2D eigenvalue weighted by atomic mass is 10.1. The number of fused-ring (bicyclic) bond motifs is 1. The van der Waals surface area contributed by atoms with Gasteiger partial charge in [0, 0.05) is 31.3 Å². The summed E-state index contributed by atoms with van der Waals surface area (Å²) in [4.78, 5) is 4.66. The van der Waals surface area contributed by atoms with Crippen LogP contribution in [-0.2, 0) is 19.5 Å². The minimum atomic E-state index is -0.319. The van der Waals surface area contributed by atoms with E-state index in [1.165, 1.54) is 29.0 Å². The van der Waals surface area contributed by atoms with Gasteiger partial charge in [0.15, 0.2) is 0 Å². The largest absolute Gasteiger partial charge is 0.425 e. The molecule has 0 radical (unpaired) electrons. The summed E-state index contributed by atoms with van der Waals surface area (Å²) < 4.78 is 21.5. The van der Waals surface area contributed by atoms with Crippen molar-refractivity contribution in [3.63, 3.8) is 0 Å². The van der Waals surface area contributed by atoms with Crippen molar-refractivity contribution >= 4 is 0 Å². The summed E-state index contributed by atoms with van der Waals surface area (Å²) >= 11 is 0. The molecule has 1 aromatic heterocycles. The maximum atomic E-state index is 13.5. The number of imidazole rings is 1. The maximum absolute atomic E-state index is 13.5. The van der Waals surface area contributed by atoms with E-state index in [-0.39, 0.29) is 5.82 Å². The third-order valence-corrected chi connectivity index (χ3v) is 4.55. The number of aryl methyl sites for hydroxylation is 1. The number of rotatable bonds is 4. The molecule has 0 saturated carbocycles. The molecular formula is C20H20FN3O. The lowest BCUT2D eigenvalue weighted by molar-refractivity contribution is 0.412. The Labute approximate surface area is 146 Å². The minimum absolute atomic E-state index is 0.319. The average Bonchev–Trinajstić information content (AvgIpc) is 2.94. The molecule has 1 aliphatic heterocycles. The molecule has 0 atom stereocenters. The van der Waals surface area contributed by atoms with E-state index in [0.29, 0.717) is 18.3 Å². The first-order valence-corrected chi connectivity index (χ1v) is 8.47. The molecule has 0 fully saturated rings. The van der Waals surface area contributed by atoms with Crippen LogP contribution in [0, 0.1) is 12.7 Å². The highest BCUT2D eigenvalue weighted by Gasteiger charge is 2.21. The van der Waals surface area contributed by atoms with Crippen molar-refractivity contribution < 1.29 is 9.13 Å². The van der Waals surface area contributed by atoms with Crippen molar-refractivity contribution in [3.8, 4) is 11.8 Å². The number of hydrogen-bond acceptors (Lipinski definition) is 3. The summed E-state index contributed by atoms with van der Waals surface area (Å²) in [5.74, 6) is 0.141. The Kier molecular flexibility index (Phi) is 4.24. The van der Waals surface area contributed by atoms with Crippen molar-refractivity contribution in [2.75, 3.05) is 6.54 Å². The van der Waals surface area contributed by atoms with Gasteiger partial charge < -0.3 is 10.1 Å². The van der Waals surface area contributed by atoms with Gasteiger partial charge in [-0.25, -0.2) is 4.39 Å². The number of aromatic nitrogens is 2. The second kappa shape index (κ2) is 6.69. The normalized spacial score (nSPS) is 13.5. The Bertz CT molecular complexity index is 904. The summed E-state index contributed by atoms with van der Waals surface area (Å²) in [5.41, 5.74) is 4.65. The number of halogens is 1. The first-order chi connectivity index (χ1) is 12.2. The second-order valence-corrected chi connectivity index (χ2v) is 6.29. The van der Waals surface area contributed by atoms with Gasteiger partial charge in [-0.2, -0.15) is 4.98 Å². The Morgan fingerprint density at radius 3 is 2.92 bits per heavy atom. The molecule has 0 unspecified atom stereocenters. The lowest BCUT2D eigenvalue weighted by Crippen LogP contribution is -2.25. The highest BCUT2D eigenvalue weighted by Crippen LogP contribution is 2.27. The smallest absolute Gasteiger partial charge is 0.302 e. The molecule has 2 heterocycles. The fourth-order valence-corrected chi connectivity index (χ4v) is 3.18. The lowest BCUT2D eigenvalue weighted by Gasteiger charge is -2.17. The zero-order valence-corrected chi connectivity index (χ0v) is 14.1. The van der Waals surface area contributed by atoms with Gasteiger partial charge >= 0.3 is 6.01 Å². The quantitative estimate of drug-likeness (QED) is 0.787. The second-order valence-electron chi connectivity index (χ2n) is 6.29. The van der Waals surface area contributed by atoms with Gasteiger partial charge in [-0.15, -0.1) is 0 Å². The van der Waals surface area contributed by atoms with Crippen molar-refractivity contribution in [2.45, 2.75) is 26.4 Å². The molecule has 2 aromatic carbocycles. The van der Waals surface area contributed by atoms with E-state index < -0.39 is 0 Å². The standard InChI is InChI=1S/C20H20FN3O/c1-14-5-2-3-6-15(14)13-24-19-9-10-22-12-18(19)23-20(24)25-17-8-4-7-16(21)11-17/h2-8,11,22H,9-10,12-13H2,1H3. The molecule has 25 heavy (non-hydrogen) atoms. The molecule has 0 bridgehead atoms. The Hall–Kier alpha value is -2.66. The van der Waals surface area contributed by atoms with E-state index in [1.807, 2.05) is 12.1 Å². The molecule has 0 amide bonds. The van der Waals surface area contributed by atoms with E-state index >= 15 is 0 Å².